The molecule has 20 heavy (non-hydrogen) atoms. The molecule has 4 rings (SSSR count). The van der Waals surface area contributed by atoms with Crippen molar-refractivity contribution in [1.29, 1.82) is 0 Å². The summed E-state index contributed by atoms with van der Waals surface area (Å²) in [7, 11) is 0. The van der Waals surface area contributed by atoms with Crippen LogP contribution in [-0.2, 0) is 12.8 Å². The van der Waals surface area contributed by atoms with Crippen molar-refractivity contribution in [3.8, 4) is 5.82 Å². The number of aryl methyl sites for hydroxylation is 2. The van der Waals surface area contributed by atoms with Crippen molar-refractivity contribution in [2.24, 2.45) is 0 Å². The summed E-state index contributed by atoms with van der Waals surface area (Å²) in [5, 5.41) is 1.06. The maximum atomic E-state index is 5.87. The summed E-state index contributed by atoms with van der Waals surface area (Å²) < 4.78 is 2.10. The van der Waals surface area contributed by atoms with Crippen molar-refractivity contribution in [1.82, 2.24) is 19.5 Å². The Morgan fingerprint density at radius 2 is 2.10 bits per heavy atom. The average Bonchev–Trinajstić information content (AvgIpc) is 3.00. The highest BCUT2D eigenvalue weighted by Crippen LogP contribution is 2.30. The van der Waals surface area contributed by atoms with Crippen LogP contribution < -0.4 is 5.73 Å². The van der Waals surface area contributed by atoms with E-state index in [1.54, 1.807) is 11.3 Å². The van der Waals surface area contributed by atoms with E-state index in [-0.39, 0.29) is 0 Å². The summed E-state index contributed by atoms with van der Waals surface area (Å²) in [4.78, 5) is 15.5. The van der Waals surface area contributed by atoms with E-state index in [1.807, 2.05) is 6.33 Å². The Balaban J connectivity index is 2.00. The molecule has 0 saturated carbocycles. The van der Waals surface area contributed by atoms with Crippen molar-refractivity contribution < 1.29 is 0 Å². The first-order chi connectivity index (χ1) is 9.72. The fourth-order valence-electron chi connectivity index (χ4n) is 2.88. The predicted molar refractivity (Wildman–Crippen MR) is 80.3 cm³/mol. The summed E-state index contributed by atoms with van der Waals surface area (Å²) in [6.45, 7) is 2.08. The number of fused-ring (bicyclic) bond motifs is 2. The Morgan fingerprint density at radius 1 is 1.25 bits per heavy atom. The van der Waals surface area contributed by atoms with Gasteiger partial charge in [0.15, 0.2) is 5.82 Å². The zero-order valence-corrected chi connectivity index (χ0v) is 12.1. The fraction of sp³-hybridized carbons (Fsp3) is 0.357. The topological polar surface area (TPSA) is 69.6 Å². The van der Waals surface area contributed by atoms with Crippen LogP contribution in [0.3, 0.4) is 0 Å². The first-order valence-electron chi connectivity index (χ1n) is 6.81. The Labute approximate surface area is 120 Å². The number of anilines is 1. The van der Waals surface area contributed by atoms with Crippen LogP contribution in [0.15, 0.2) is 12.4 Å². The monoisotopic (exact) mass is 285 g/mol. The molecule has 0 bridgehead atoms. The van der Waals surface area contributed by atoms with Crippen molar-refractivity contribution in [2.45, 2.75) is 32.6 Å². The van der Waals surface area contributed by atoms with E-state index in [1.165, 1.54) is 29.1 Å². The van der Waals surface area contributed by atoms with E-state index in [9.17, 15) is 0 Å². The lowest BCUT2D eigenvalue weighted by Gasteiger charge is -2.14. The van der Waals surface area contributed by atoms with E-state index in [0.29, 0.717) is 5.95 Å². The van der Waals surface area contributed by atoms with Crippen LogP contribution in [0.4, 0.5) is 5.95 Å². The summed E-state index contributed by atoms with van der Waals surface area (Å²) in [6, 6.07) is 2.13. The highest BCUT2D eigenvalue weighted by molar-refractivity contribution is 7.18. The third kappa shape index (κ3) is 1.71. The number of nitrogen functional groups attached to an aromatic ring is 1. The Morgan fingerprint density at radius 3 is 3.00 bits per heavy atom. The van der Waals surface area contributed by atoms with Crippen molar-refractivity contribution in [2.75, 3.05) is 5.73 Å². The highest BCUT2D eigenvalue weighted by atomic mass is 32.1. The molecule has 1 aliphatic rings. The van der Waals surface area contributed by atoms with E-state index < -0.39 is 0 Å². The zero-order chi connectivity index (χ0) is 13.7. The van der Waals surface area contributed by atoms with Gasteiger partial charge in [-0.15, -0.1) is 11.3 Å². The molecule has 3 heterocycles. The molecule has 1 aliphatic carbocycles. The average molecular weight is 285 g/mol. The van der Waals surface area contributed by atoms with Gasteiger partial charge in [0.25, 0.3) is 0 Å². The van der Waals surface area contributed by atoms with Gasteiger partial charge in [-0.2, -0.15) is 4.98 Å². The smallest absolute Gasteiger partial charge is 0.223 e. The second kappa shape index (κ2) is 4.28. The fourth-order valence-corrected chi connectivity index (χ4v) is 3.76. The first-order valence-corrected chi connectivity index (χ1v) is 7.63. The van der Waals surface area contributed by atoms with E-state index in [4.69, 9.17) is 5.73 Å². The molecule has 0 amide bonds. The minimum Gasteiger partial charge on any atom is -0.368 e. The summed E-state index contributed by atoms with van der Waals surface area (Å²) in [6.07, 6.45) is 6.44. The second-order valence-corrected chi connectivity index (χ2v) is 6.43. The normalized spacial score (nSPS) is 14.7. The maximum absolute atomic E-state index is 5.87. The number of rotatable bonds is 1. The van der Waals surface area contributed by atoms with Gasteiger partial charge in [-0.05, 0) is 38.7 Å². The second-order valence-electron chi connectivity index (χ2n) is 5.20. The SMILES string of the molecule is Cc1cc2c(-n3cnc4c3CCCC4)nc(N)nc2s1. The van der Waals surface area contributed by atoms with Crippen LogP contribution in [0, 0.1) is 6.92 Å². The van der Waals surface area contributed by atoms with Crippen molar-refractivity contribution in [3.63, 3.8) is 0 Å². The summed E-state index contributed by atoms with van der Waals surface area (Å²) >= 11 is 1.65. The molecule has 0 aromatic carbocycles. The van der Waals surface area contributed by atoms with Crippen LogP contribution in [0.25, 0.3) is 16.0 Å². The van der Waals surface area contributed by atoms with Crippen LogP contribution >= 0.6 is 11.3 Å². The van der Waals surface area contributed by atoms with Crippen molar-refractivity contribution >= 4 is 27.5 Å². The van der Waals surface area contributed by atoms with Crippen LogP contribution in [0.5, 0.6) is 0 Å². The predicted octanol–water partition coefficient (Wildman–Crippen LogP) is 2.65. The Hall–Kier alpha value is -1.95. The Bertz CT molecular complexity index is 801. The Kier molecular flexibility index (Phi) is 2.53. The third-order valence-corrected chi connectivity index (χ3v) is 4.72. The van der Waals surface area contributed by atoms with E-state index in [0.717, 1.165) is 28.9 Å². The number of hydrogen-bond donors (Lipinski definition) is 1. The summed E-state index contributed by atoms with van der Waals surface area (Å²) in [5.41, 5.74) is 8.35. The largest absolute Gasteiger partial charge is 0.368 e. The van der Waals surface area contributed by atoms with E-state index in [2.05, 4.69) is 32.5 Å². The molecule has 0 radical (unpaired) electrons. The van der Waals surface area contributed by atoms with Crippen LogP contribution in [0.2, 0.25) is 0 Å². The molecule has 0 spiro atoms. The van der Waals surface area contributed by atoms with Gasteiger partial charge in [-0.25, -0.2) is 9.97 Å². The standard InChI is InChI=1S/C14H15N5S/c1-8-6-9-12(17-14(15)18-13(9)20-8)19-7-16-10-4-2-3-5-11(10)19/h6-7H,2-5H2,1H3,(H2,15,17,18). The molecule has 102 valence electrons. The number of imidazole rings is 1. The molecule has 0 saturated heterocycles. The van der Waals surface area contributed by atoms with Gasteiger partial charge in [0.1, 0.15) is 11.2 Å². The lowest BCUT2D eigenvalue weighted by Crippen LogP contribution is -2.09. The molecule has 0 aliphatic heterocycles. The molecule has 6 heteroatoms. The summed E-state index contributed by atoms with van der Waals surface area (Å²) in [5.74, 6) is 1.19. The van der Waals surface area contributed by atoms with Crippen molar-refractivity contribution in [3.05, 3.63) is 28.7 Å². The molecule has 3 aromatic rings. The first kappa shape index (κ1) is 11.8. The number of hydrogen-bond acceptors (Lipinski definition) is 5. The van der Waals surface area contributed by atoms with Gasteiger partial charge in [0, 0.05) is 10.6 Å². The molecule has 3 aromatic heterocycles. The minimum atomic E-state index is 0.326. The van der Waals surface area contributed by atoms with Gasteiger partial charge >= 0.3 is 0 Å². The van der Waals surface area contributed by atoms with E-state index >= 15 is 0 Å². The van der Waals surface area contributed by atoms with Gasteiger partial charge < -0.3 is 5.73 Å². The van der Waals surface area contributed by atoms with Gasteiger partial charge in [-0.3, -0.25) is 4.57 Å². The molecular weight excluding hydrogens is 270 g/mol. The maximum Gasteiger partial charge on any atom is 0.223 e. The van der Waals surface area contributed by atoms with Gasteiger partial charge in [0.05, 0.1) is 11.1 Å². The molecule has 0 fully saturated rings. The lowest BCUT2D eigenvalue weighted by molar-refractivity contribution is 0.654. The zero-order valence-electron chi connectivity index (χ0n) is 11.3. The third-order valence-electron chi connectivity index (χ3n) is 3.77. The molecule has 0 atom stereocenters. The molecular formula is C14H15N5S. The lowest BCUT2D eigenvalue weighted by atomic mass is 10.0. The number of nitrogens with two attached hydrogens (primary N) is 1. The molecule has 5 nitrogen and oxygen atoms in total. The van der Waals surface area contributed by atoms with Crippen LogP contribution in [0.1, 0.15) is 29.1 Å². The van der Waals surface area contributed by atoms with Crippen LogP contribution in [-0.4, -0.2) is 19.5 Å². The number of thiophene rings is 1. The van der Waals surface area contributed by atoms with Gasteiger partial charge in [-0.1, -0.05) is 0 Å². The number of aromatic nitrogens is 4. The minimum absolute atomic E-state index is 0.326. The number of nitrogens with zero attached hydrogens (tertiary/aromatic N) is 4. The van der Waals surface area contributed by atoms with Gasteiger partial charge in [0.2, 0.25) is 5.95 Å². The molecule has 0 unspecified atom stereocenters. The quantitative estimate of drug-likeness (QED) is 0.746. The molecule has 2 N–H and O–H groups in total. The highest BCUT2D eigenvalue weighted by Gasteiger charge is 2.19.